The van der Waals surface area contributed by atoms with Crippen molar-refractivity contribution >= 4 is 119 Å². The highest BCUT2D eigenvalue weighted by Crippen LogP contribution is 2.46. The number of likely N-dealkylation sites (N-methyl/N-ethyl adjacent to an activating group) is 2. The van der Waals surface area contributed by atoms with Gasteiger partial charge in [-0.25, -0.2) is 31.2 Å². The molecule has 0 radical (unpaired) electrons. The molecule has 0 spiro atoms. The number of methoxy groups -OCH3 is 1. The fraction of sp³-hybridized carbons (Fsp3) is 0.659. The molecule has 6 aliphatic heterocycles. The molecular weight excluding hydrogens is 1710 g/mol. The Kier molecular flexibility index (Phi) is 46.0. The molecule has 7 amide bonds. The van der Waals surface area contributed by atoms with Crippen LogP contribution in [0.15, 0.2) is 56.7 Å². The molecule has 6 heterocycles. The van der Waals surface area contributed by atoms with Gasteiger partial charge in [-0.15, -0.1) is 5.06 Å². The first-order valence-electron chi connectivity index (χ1n) is 43.1. The Morgan fingerprint density at radius 1 is 0.584 bits per heavy atom. The third-order valence-electron chi connectivity index (χ3n) is 21.5. The van der Waals surface area contributed by atoms with E-state index in [4.69, 9.17) is 63.0 Å². The Morgan fingerprint density at radius 2 is 1.06 bits per heavy atom. The van der Waals surface area contributed by atoms with E-state index < -0.39 is 88.0 Å². The molecule has 5 fully saturated rings. The Morgan fingerprint density at radius 3 is 1.53 bits per heavy atom. The lowest BCUT2D eigenvalue weighted by atomic mass is 9.90. The Bertz CT molecular complexity index is 4420. The number of ketones is 3. The second kappa shape index (κ2) is 55.2. The summed E-state index contributed by atoms with van der Waals surface area (Å²) in [5, 5.41) is 25.6. The number of benzene rings is 3. The van der Waals surface area contributed by atoms with Gasteiger partial charge in [0.2, 0.25) is 5.36 Å². The molecule has 7 atom stereocenters. The number of carbonyl (C=O) groups excluding carboxylic acids is 9. The number of rotatable bonds is 60. The van der Waals surface area contributed by atoms with Crippen molar-refractivity contribution in [3.63, 3.8) is 0 Å². The minimum Gasteiger partial charge on any atom is -0.744 e. The van der Waals surface area contributed by atoms with Crippen molar-refractivity contribution in [2.45, 2.75) is 213 Å². The summed E-state index contributed by atoms with van der Waals surface area (Å²) in [4.78, 5) is 128. The summed E-state index contributed by atoms with van der Waals surface area (Å²) in [7, 11) is -8.88. The molecule has 2 aromatic rings. The smallest absolute Gasteiger partial charge is 0.335 e. The lowest BCUT2D eigenvalue weighted by Gasteiger charge is -2.26. The molecule has 36 nitrogen and oxygen atoms in total. The van der Waals surface area contributed by atoms with Crippen LogP contribution in [0.3, 0.4) is 0 Å². The number of fused-ring (bicyclic) bond motifs is 4. The Hall–Kier alpha value is -7.81. The van der Waals surface area contributed by atoms with E-state index >= 15 is 0 Å². The van der Waals surface area contributed by atoms with Gasteiger partial charge in [0.15, 0.2) is 16.2 Å². The average molecular weight is 1840 g/mol. The number of hydrogen-bond donors (Lipinski definition) is 6. The second-order valence-corrected chi connectivity index (χ2v) is 35.8. The fourth-order valence-electron chi connectivity index (χ4n) is 15.1. The topological polar surface area (TPSA) is 508 Å². The van der Waals surface area contributed by atoms with Gasteiger partial charge in [-0.2, -0.15) is 23.5 Å². The summed E-state index contributed by atoms with van der Waals surface area (Å²) in [5.41, 5.74) is 6.03. The molecule has 9 rings (SSSR count). The van der Waals surface area contributed by atoms with E-state index in [2.05, 4.69) is 22.9 Å². The van der Waals surface area contributed by atoms with Crippen LogP contribution in [-0.4, -0.2) is 290 Å². The molecule has 5 saturated heterocycles. The van der Waals surface area contributed by atoms with E-state index in [-0.39, 0.29) is 148 Å². The predicted molar refractivity (Wildman–Crippen MR) is 460 cm³/mol. The zero-order valence-corrected chi connectivity index (χ0v) is 75.6. The number of nitrogens with one attached hydrogen (secondary N) is 3. The number of ether oxygens (including phenoxy) is 9. The first-order valence-corrected chi connectivity index (χ1v) is 48.0. The van der Waals surface area contributed by atoms with Gasteiger partial charge in [0, 0.05) is 148 Å². The van der Waals surface area contributed by atoms with Crippen molar-refractivity contribution in [2.75, 3.05) is 156 Å². The van der Waals surface area contributed by atoms with E-state index in [0.29, 0.717) is 163 Å². The maximum absolute atomic E-state index is 13.2. The highest BCUT2D eigenvalue weighted by Gasteiger charge is 2.49. The van der Waals surface area contributed by atoms with Gasteiger partial charge in [0.05, 0.1) is 135 Å². The molecule has 0 bridgehead atoms. The molecule has 1 aliphatic carbocycles. The van der Waals surface area contributed by atoms with E-state index in [1.165, 1.54) is 55.3 Å². The lowest BCUT2D eigenvalue weighted by Crippen LogP contribution is -2.47. The van der Waals surface area contributed by atoms with Crippen LogP contribution < -0.4 is 32.5 Å². The van der Waals surface area contributed by atoms with Crippen LogP contribution in [0.4, 0.5) is 15.3 Å². The van der Waals surface area contributed by atoms with Crippen LogP contribution in [0.5, 0.6) is 0 Å². The van der Waals surface area contributed by atoms with Gasteiger partial charge in [-0.1, -0.05) is 38.7 Å². The number of amides is 7. The number of thioether (sulfide) groups is 2. The number of unbranched alkanes of at least 4 members (excludes halogenated alkanes) is 4. The number of carboxylic acids is 1. The number of Topliss-reactive ketones (excluding diaryl/α,β-unsaturated/α-hetero) is 3. The van der Waals surface area contributed by atoms with E-state index in [9.17, 15) is 79.0 Å². The number of nitrogen functional groups attached to an aromatic ring is 1. The second-order valence-electron chi connectivity index (χ2n) is 30.6. The number of carboxylic acid groups (broad SMARTS) is 1. The van der Waals surface area contributed by atoms with Gasteiger partial charge in [-0.05, 0) is 120 Å². The van der Waals surface area contributed by atoms with E-state index in [0.717, 1.165) is 63.2 Å². The van der Waals surface area contributed by atoms with Crippen molar-refractivity contribution in [3.8, 4) is 22.5 Å². The predicted octanol–water partition coefficient (Wildman–Crippen LogP) is 6.68. The number of nitrogens with zero attached hydrogens (tertiary/aromatic N) is 3. The summed E-state index contributed by atoms with van der Waals surface area (Å²) in [6, 6.07) is 10.8. The summed E-state index contributed by atoms with van der Waals surface area (Å²) < 4.78 is 129. The molecule has 0 saturated carbocycles. The van der Waals surface area contributed by atoms with Crippen LogP contribution in [0, 0.1) is 12.8 Å². The number of nitrogens with two attached hydrogens (primary N) is 2. The van der Waals surface area contributed by atoms with Gasteiger partial charge in [-0.3, -0.25) is 39.0 Å². The third kappa shape index (κ3) is 34.0. The van der Waals surface area contributed by atoms with Crippen molar-refractivity contribution in [1.29, 1.82) is 0 Å². The van der Waals surface area contributed by atoms with Gasteiger partial charge >= 0.3 is 24.0 Å². The molecule has 7 aliphatic rings. The van der Waals surface area contributed by atoms with Crippen LogP contribution in [0.25, 0.3) is 33.4 Å². The third-order valence-corrected chi connectivity index (χ3v) is 26.3. The van der Waals surface area contributed by atoms with Crippen LogP contribution in [0.2, 0.25) is 0 Å². The largest absolute Gasteiger partial charge is 0.744 e. The lowest BCUT2D eigenvalue weighted by molar-refractivity contribution is -0.198. The zero-order chi connectivity index (χ0) is 90.9. The molecule has 698 valence electrons. The molecule has 125 heavy (non-hydrogen) atoms. The molecule has 8 N–H and O–H groups in total. The summed E-state index contributed by atoms with van der Waals surface area (Å²) in [6.45, 7) is 15.9. The van der Waals surface area contributed by atoms with Crippen molar-refractivity contribution in [2.24, 2.45) is 5.92 Å². The number of hydroxylamine groups is 2. The standard InChI is InChI=1S/C52H69N5O17S3.C28H45N3O10S.C5H12O/c1-3-57-45-42(56-52(57)63)31-75-43(45)12-5-4-10-35(58)11-8-21-70-23-25-72-27-28-73-26-24-71-22-19-36(59)30-34(51(61)62)9-6-7-20-55-50(60)33-13-14-37(32(2)29-33)44-38-15-17-40(53)48(76(64,65)66)46(38)74-47-39(44)16-18-41(54)49(47)77(67,68)69;1-2-30-27-22(29-28(30)36)20-42-23(27)8-4-3-6-21(32)7-5-12-37-14-16-39-18-19-40-17-15-38-13-11-26(35)41-31-24(33)9-10-25(31)34;1-3-4-5-6-2/h13-18,29,34,42-43,45,53H,3-12,19-28,30-31,54H2,1-2H3,(H,55,60)(H,56,63)(H,61,62)(H,64,65,66)(H,67,68,69);22-23,27H,2-20H2,1H3,(H,29,36);3-5H2,1-2H3/p-1/t34-,42+,43+,45+;22-,23-,27-;/m10./s1. The fourth-order valence-corrected chi connectivity index (χ4v) is 19.8. The number of hydrogen-bond acceptors (Lipinski definition) is 30. The van der Waals surface area contributed by atoms with Crippen molar-refractivity contribution < 1.29 is 136 Å². The van der Waals surface area contributed by atoms with Crippen molar-refractivity contribution in [3.05, 3.63) is 58.9 Å². The zero-order valence-electron chi connectivity index (χ0n) is 72.3. The number of imide groups is 1. The minimum atomic E-state index is -5.31. The number of carbonyl (C=O) groups is 10. The molecule has 0 aromatic heterocycles. The van der Waals surface area contributed by atoms with Crippen molar-refractivity contribution in [1.82, 2.24) is 30.8 Å². The summed E-state index contributed by atoms with van der Waals surface area (Å²) >= 11 is 3.86. The first kappa shape index (κ1) is 104. The van der Waals surface area contributed by atoms with E-state index in [1.807, 2.05) is 47.2 Å². The van der Waals surface area contributed by atoms with Gasteiger partial charge in [0.1, 0.15) is 42.5 Å². The summed E-state index contributed by atoms with van der Waals surface area (Å²) in [5.74, 6) is -2.62. The maximum atomic E-state index is 13.2. The first-order chi connectivity index (χ1) is 60.0. The van der Waals surface area contributed by atoms with Gasteiger partial charge < -0.3 is 97.6 Å². The minimum absolute atomic E-state index is 0.0370. The molecular formula is C85H125N8O28S4-. The van der Waals surface area contributed by atoms with Crippen LogP contribution >= 0.6 is 23.5 Å². The number of aliphatic carboxylic acids is 1. The van der Waals surface area contributed by atoms with Gasteiger partial charge in [0.25, 0.3) is 17.7 Å². The average Bonchev–Trinajstić information content (AvgIpc) is 1.47. The normalized spacial score (nSPS) is 18.2. The molecule has 0 unspecified atom stereocenters. The molecule has 40 heteroatoms. The maximum Gasteiger partial charge on any atom is 0.335 e. The number of urea groups is 2. The monoisotopic (exact) mass is 1830 g/mol. The van der Waals surface area contributed by atoms with Crippen LogP contribution in [-0.2, 0) is 101 Å². The van der Waals surface area contributed by atoms with E-state index in [1.54, 1.807) is 14.0 Å². The summed E-state index contributed by atoms with van der Waals surface area (Å²) in [6.07, 6.45) is 12.7. The quantitative estimate of drug-likeness (QED) is 0.00670. The Balaban J connectivity index is 0.000000373. The van der Waals surface area contributed by atoms with Crippen LogP contribution in [0.1, 0.15) is 178 Å². The highest BCUT2D eigenvalue weighted by atomic mass is 32.2. The SMILES string of the molecule is CCCCOC.CCN1C(=O)N[C@H]2CS[C@@H](CCCCC(=O)CCCOCCOCCOCCOCCC(=O)C[C@@H](CCCCNC(=O)c3ccc(-c4c5ccc(=[NH2+])c(S(=O)(=O)[O-])c-5oc5c(S(=O)(=O)[O-])c(N)ccc45)c(C)c3)C(=O)O)[C@H]21.CCN1C(=O)N[C@H]2CS[C@@H](CCCCC(=O)CCCOCCOCCOCCOCCC(=O)ON3C(=O)CCC3=O)[C@H]21. The number of aryl methyl sites for hydroxylation is 1. The number of anilines is 1. The Labute approximate surface area is 739 Å². The molecule has 2 aromatic carbocycles. The highest BCUT2D eigenvalue weighted by molar-refractivity contribution is 8.00.